The fourth-order valence-electron chi connectivity index (χ4n) is 2.35. The minimum atomic E-state index is 0.436. The highest BCUT2D eigenvalue weighted by atomic mass is 35.5. The predicted octanol–water partition coefficient (Wildman–Crippen LogP) is 3.18. The van der Waals surface area contributed by atoms with E-state index >= 15 is 0 Å². The molecule has 2 rings (SSSR count). The van der Waals surface area contributed by atoms with Crippen LogP contribution in [0.25, 0.3) is 0 Å². The third kappa shape index (κ3) is 4.68. The smallest absolute Gasteiger partial charge is 0.137 e. The molecule has 1 unspecified atom stereocenters. The van der Waals surface area contributed by atoms with Crippen LogP contribution < -0.4 is 10.5 Å². The minimum absolute atomic E-state index is 0.436. The summed E-state index contributed by atoms with van der Waals surface area (Å²) in [5.41, 5.74) is 6.67. The van der Waals surface area contributed by atoms with E-state index in [-0.39, 0.29) is 0 Å². The fourth-order valence-corrected chi connectivity index (χ4v) is 2.61. The summed E-state index contributed by atoms with van der Waals surface area (Å²) < 4.78 is 11.3. The molecule has 19 heavy (non-hydrogen) atoms. The normalized spacial score (nSPS) is 18.7. The van der Waals surface area contributed by atoms with Gasteiger partial charge < -0.3 is 15.2 Å². The first kappa shape index (κ1) is 14.6. The van der Waals surface area contributed by atoms with Gasteiger partial charge in [-0.3, -0.25) is 0 Å². The Morgan fingerprint density at radius 1 is 1.42 bits per heavy atom. The molecule has 0 saturated carbocycles. The highest BCUT2D eigenvalue weighted by Crippen LogP contribution is 2.26. The average Bonchev–Trinajstić information content (AvgIpc) is 2.90. The van der Waals surface area contributed by atoms with Crippen LogP contribution in [0.5, 0.6) is 5.75 Å². The maximum Gasteiger partial charge on any atom is 0.137 e. The van der Waals surface area contributed by atoms with Crippen molar-refractivity contribution in [2.24, 2.45) is 5.73 Å². The summed E-state index contributed by atoms with van der Waals surface area (Å²) in [6, 6.07) is 5.89. The number of benzene rings is 1. The van der Waals surface area contributed by atoms with Gasteiger partial charge in [-0.2, -0.15) is 0 Å². The van der Waals surface area contributed by atoms with E-state index in [1.165, 1.54) is 12.8 Å². The number of hydrogen-bond donors (Lipinski definition) is 1. The number of nitrogens with two attached hydrogens (primary N) is 1. The molecule has 0 amide bonds. The Balaban J connectivity index is 1.72. The molecule has 1 atom stereocenters. The van der Waals surface area contributed by atoms with Crippen LogP contribution in [0.3, 0.4) is 0 Å². The van der Waals surface area contributed by atoms with Gasteiger partial charge in [-0.1, -0.05) is 17.7 Å². The van der Waals surface area contributed by atoms with E-state index in [4.69, 9.17) is 26.8 Å². The SMILES string of the molecule is NCCc1ccc(OCCCC2CCCO2)c(Cl)c1. The molecular weight excluding hydrogens is 262 g/mol. The number of rotatable bonds is 7. The molecule has 1 saturated heterocycles. The lowest BCUT2D eigenvalue weighted by atomic mass is 10.1. The van der Waals surface area contributed by atoms with Gasteiger partial charge in [0, 0.05) is 6.61 Å². The Morgan fingerprint density at radius 3 is 3.00 bits per heavy atom. The third-order valence-electron chi connectivity index (χ3n) is 3.38. The molecule has 0 spiro atoms. The Bertz CT molecular complexity index is 392. The molecule has 0 bridgehead atoms. The van der Waals surface area contributed by atoms with Gasteiger partial charge in [-0.05, 0) is 56.3 Å². The van der Waals surface area contributed by atoms with E-state index in [0.29, 0.717) is 24.3 Å². The van der Waals surface area contributed by atoms with Crippen LogP contribution in [0.1, 0.15) is 31.2 Å². The molecule has 0 aromatic heterocycles. The van der Waals surface area contributed by atoms with Gasteiger partial charge in [0.15, 0.2) is 0 Å². The summed E-state index contributed by atoms with van der Waals surface area (Å²) >= 11 is 6.18. The van der Waals surface area contributed by atoms with Crippen molar-refractivity contribution in [3.05, 3.63) is 28.8 Å². The first-order valence-corrected chi connectivity index (χ1v) is 7.40. The van der Waals surface area contributed by atoms with Crippen molar-refractivity contribution in [1.29, 1.82) is 0 Å². The standard InChI is InChI=1S/C15H22ClNO2/c16-14-11-12(7-8-17)5-6-15(14)19-10-2-4-13-3-1-9-18-13/h5-6,11,13H,1-4,7-10,17H2. The summed E-state index contributed by atoms with van der Waals surface area (Å²) in [4.78, 5) is 0. The van der Waals surface area contributed by atoms with Crippen molar-refractivity contribution in [2.75, 3.05) is 19.8 Å². The lowest BCUT2D eigenvalue weighted by molar-refractivity contribution is 0.0981. The number of halogens is 1. The molecule has 0 radical (unpaired) electrons. The second kappa shape index (κ2) is 7.73. The van der Waals surface area contributed by atoms with E-state index in [1.807, 2.05) is 18.2 Å². The molecule has 3 nitrogen and oxygen atoms in total. The molecule has 106 valence electrons. The van der Waals surface area contributed by atoms with Gasteiger partial charge in [0.1, 0.15) is 5.75 Å². The molecule has 1 aliphatic rings. The number of ether oxygens (including phenoxy) is 2. The summed E-state index contributed by atoms with van der Waals surface area (Å²) in [5.74, 6) is 0.759. The summed E-state index contributed by atoms with van der Waals surface area (Å²) in [6.07, 6.45) is 5.74. The van der Waals surface area contributed by atoms with Crippen molar-refractivity contribution >= 4 is 11.6 Å². The molecular formula is C15H22ClNO2. The maximum atomic E-state index is 6.18. The van der Waals surface area contributed by atoms with Crippen LogP contribution in [-0.2, 0) is 11.2 Å². The summed E-state index contributed by atoms with van der Waals surface area (Å²) in [7, 11) is 0. The molecule has 1 fully saturated rings. The van der Waals surface area contributed by atoms with Crippen molar-refractivity contribution in [3.8, 4) is 5.75 Å². The van der Waals surface area contributed by atoms with Crippen molar-refractivity contribution < 1.29 is 9.47 Å². The lowest BCUT2D eigenvalue weighted by Gasteiger charge is -2.11. The maximum absolute atomic E-state index is 6.18. The second-order valence-corrected chi connectivity index (χ2v) is 5.34. The van der Waals surface area contributed by atoms with Crippen LogP contribution in [0.2, 0.25) is 5.02 Å². The van der Waals surface area contributed by atoms with Crippen LogP contribution in [-0.4, -0.2) is 25.9 Å². The van der Waals surface area contributed by atoms with Crippen molar-refractivity contribution in [2.45, 2.75) is 38.2 Å². The van der Waals surface area contributed by atoms with Gasteiger partial charge in [0.2, 0.25) is 0 Å². The highest BCUT2D eigenvalue weighted by Gasteiger charge is 2.14. The topological polar surface area (TPSA) is 44.5 Å². The Kier molecular flexibility index (Phi) is 5.95. The van der Waals surface area contributed by atoms with E-state index in [2.05, 4.69) is 0 Å². The molecule has 1 heterocycles. The van der Waals surface area contributed by atoms with E-state index in [0.717, 1.165) is 37.2 Å². The van der Waals surface area contributed by atoms with Gasteiger partial charge >= 0.3 is 0 Å². The van der Waals surface area contributed by atoms with Crippen molar-refractivity contribution in [1.82, 2.24) is 0 Å². The molecule has 4 heteroatoms. The third-order valence-corrected chi connectivity index (χ3v) is 3.68. The number of hydrogen-bond acceptors (Lipinski definition) is 3. The van der Waals surface area contributed by atoms with E-state index < -0.39 is 0 Å². The van der Waals surface area contributed by atoms with Gasteiger partial charge in [0.25, 0.3) is 0 Å². The zero-order valence-electron chi connectivity index (χ0n) is 11.2. The van der Waals surface area contributed by atoms with Crippen LogP contribution in [0.15, 0.2) is 18.2 Å². The monoisotopic (exact) mass is 283 g/mol. The average molecular weight is 284 g/mol. The van der Waals surface area contributed by atoms with E-state index in [1.54, 1.807) is 0 Å². The van der Waals surface area contributed by atoms with Crippen molar-refractivity contribution in [3.63, 3.8) is 0 Å². The highest BCUT2D eigenvalue weighted by molar-refractivity contribution is 6.32. The lowest BCUT2D eigenvalue weighted by Crippen LogP contribution is -2.08. The molecule has 1 aromatic rings. The Morgan fingerprint density at radius 2 is 2.32 bits per heavy atom. The Hall–Kier alpha value is -0.770. The van der Waals surface area contributed by atoms with Crippen LogP contribution in [0.4, 0.5) is 0 Å². The first-order chi connectivity index (χ1) is 9.29. The molecule has 1 aliphatic heterocycles. The minimum Gasteiger partial charge on any atom is -0.492 e. The largest absolute Gasteiger partial charge is 0.492 e. The molecule has 1 aromatic carbocycles. The molecule has 2 N–H and O–H groups in total. The zero-order valence-corrected chi connectivity index (χ0v) is 12.0. The zero-order chi connectivity index (χ0) is 13.5. The summed E-state index contributed by atoms with van der Waals surface area (Å²) in [6.45, 7) is 2.24. The van der Waals surface area contributed by atoms with Gasteiger partial charge in [-0.15, -0.1) is 0 Å². The Labute approximate surface area is 120 Å². The predicted molar refractivity (Wildman–Crippen MR) is 77.9 cm³/mol. The first-order valence-electron chi connectivity index (χ1n) is 7.02. The second-order valence-electron chi connectivity index (χ2n) is 4.93. The molecule has 0 aliphatic carbocycles. The fraction of sp³-hybridized carbons (Fsp3) is 0.600. The summed E-state index contributed by atoms with van der Waals surface area (Å²) in [5, 5.41) is 0.670. The van der Waals surface area contributed by atoms with Gasteiger partial charge in [-0.25, -0.2) is 0 Å². The van der Waals surface area contributed by atoms with Crippen LogP contribution >= 0.6 is 11.6 Å². The van der Waals surface area contributed by atoms with Crippen LogP contribution in [0, 0.1) is 0 Å². The van der Waals surface area contributed by atoms with Gasteiger partial charge in [0.05, 0.1) is 17.7 Å². The van der Waals surface area contributed by atoms with E-state index in [9.17, 15) is 0 Å². The quantitative estimate of drug-likeness (QED) is 0.782.